The summed E-state index contributed by atoms with van der Waals surface area (Å²) in [5, 5.41) is 22.1. The van der Waals surface area contributed by atoms with Gasteiger partial charge in [0.1, 0.15) is 5.75 Å². The molecule has 9 heteroatoms. The smallest absolute Gasteiger partial charge is 0.163 e. The molecule has 2 aromatic rings. The van der Waals surface area contributed by atoms with E-state index in [2.05, 4.69) is 13.8 Å². The normalized spacial score (nSPS) is 14.2. The Labute approximate surface area is 239 Å². The number of aromatic hydroxyl groups is 2. The predicted molar refractivity (Wildman–Crippen MR) is 153 cm³/mol. The van der Waals surface area contributed by atoms with Crippen LogP contribution in [0.3, 0.4) is 0 Å². The molecular weight excluding hydrogens is 516 g/mol. The van der Waals surface area contributed by atoms with Gasteiger partial charge in [0.2, 0.25) is 0 Å². The van der Waals surface area contributed by atoms with E-state index in [1.54, 1.807) is 28.3 Å². The van der Waals surface area contributed by atoms with Crippen LogP contribution in [0.4, 0.5) is 0 Å². The molecule has 226 valence electrons. The molecule has 2 aromatic carbocycles. The van der Waals surface area contributed by atoms with Gasteiger partial charge in [0, 0.05) is 43.4 Å². The van der Waals surface area contributed by atoms with Gasteiger partial charge in [-0.1, -0.05) is 13.8 Å². The average molecular weight is 565 g/mol. The van der Waals surface area contributed by atoms with E-state index >= 15 is 0 Å². The first-order valence-corrected chi connectivity index (χ1v) is 13.7. The molecular formula is C31H48O9. The molecule has 3 unspecified atom stereocenters. The lowest BCUT2D eigenvalue weighted by molar-refractivity contribution is -0.119. The zero-order chi connectivity index (χ0) is 29.9. The highest BCUT2D eigenvalue weighted by Crippen LogP contribution is 2.41. The fourth-order valence-electron chi connectivity index (χ4n) is 4.21. The van der Waals surface area contributed by atoms with Gasteiger partial charge in [-0.15, -0.1) is 0 Å². The molecule has 0 saturated carbocycles. The summed E-state index contributed by atoms with van der Waals surface area (Å²) in [7, 11) is 4.82. The molecule has 0 aromatic heterocycles. The van der Waals surface area contributed by atoms with Crippen LogP contribution >= 0.6 is 0 Å². The van der Waals surface area contributed by atoms with Gasteiger partial charge in [0.15, 0.2) is 17.8 Å². The van der Waals surface area contributed by atoms with Gasteiger partial charge in [-0.3, -0.25) is 0 Å². The van der Waals surface area contributed by atoms with Gasteiger partial charge in [-0.25, -0.2) is 0 Å². The molecule has 3 atom stereocenters. The lowest BCUT2D eigenvalue weighted by atomic mass is 9.76. The second kappa shape index (κ2) is 16.1. The molecule has 0 aliphatic carbocycles. The summed E-state index contributed by atoms with van der Waals surface area (Å²) >= 11 is 0. The van der Waals surface area contributed by atoms with Crippen LogP contribution in [-0.4, -0.2) is 69.9 Å². The van der Waals surface area contributed by atoms with Crippen molar-refractivity contribution in [2.24, 2.45) is 0 Å². The van der Waals surface area contributed by atoms with E-state index in [4.69, 9.17) is 33.2 Å². The van der Waals surface area contributed by atoms with Gasteiger partial charge in [0.05, 0.1) is 51.8 Å². The van der Waals surface area contributed by atoms with Gasteiger partial charge >= 0.3 is 0 Å². The van der Waals surface area contributed by atoms with E-state index in [0.29, 0.717) is 42.3 Å². The van der Waals surface area contributed by atoms with Gasteiger partial charge in [-0.05, 0) is 63.1 Å². The largest absolute Gasteiger partial charge is 0.507 e. The Bertz CT molecular complexity index is 1020. The number of phenols is 2. The Morgan fingerprint density at radius 1 is 0.700 bits per heavy atom. The van der Waals surface area contributed by atoms with Gasteiger partial charge < -0.3 is 43.4 Å². The molecule has 0 aliphatic rings. The first-order chi connectivity index (χ1) is 19.0. The summed E-state index contributed by atoms with van der Waals surface area (Å²) in [6.07, 6.45) is -0.731. The van der Waals surface area contributed by atoms with Crippen molar-refractivity contribution in [1.29, 1.82) is 0 Å². The van der Waals surface area contributed by atoms with Crippen molar-refractivity contribution in [3.05, 3.63) is 52.1 Å². The molecule has 0 fully saturated rings. The molecule has 0 amide bonds. The van der Waals surface area contributed by atoms with E-state index in [1.807, 2.05) is 45.0 Å². The van der Waals surface area contributed by atoms with Crippen molar-refractivity contribution >= 4 is 0 Å². The third-order valence-corrected chi connectivity index (χ3v) is 6.82. The highest BCUT2D eigenvalue weighted by atomic mass is 16.7. The van der Waals surface area contributed by atoms with Crippen LogP contribution in [0.25, 0.3) is 0 Å². The summed E-state index contributed by atoms with van der Waals surface area (Å²) < 4.78 is 39.1. The number of phenolic OH excluding ortho intramolecular Hbond substituents is 2. The zero-order valence-corrected chi connectivity index (χ0v) is 25.5. The van der Waals surface area contributed by atoms with Gasteiger partial charge in [-0.2, -0.15) is 0 Å². The predicted octanol–water partition coefficient (Wildman–Crippen LogP) is 5.43. The molecule has 0 radical (unpaired) electrons. The van der Waals surface area contributed by atoms with E-state index in [1.165, 1.54) is 0 Å². The summed E-state index contributed by atoms with van der Waals surface area (Å²) in [6.45, 7) is 13.5. The van der Waals surface area contributed by atoms with Crippen LogP contribution in [0, 0.1) is 0 Å². The third-order valence-electron chi connectivity index (χ3n) is 6.82. The van der Waals surface area contributed by atoms with Crippen LogP contribution in [0.1, 0.15) is 69.4 Å². The Balaban J connectivity index is 2.57. The third kappa shape index (κ3) is 9.33. The SMILES string of the molecule is CCOc1cc(C(C)(C)c2cc(COC(C)COC)c(O)c(COC(C)COC)c2)cc(COC(C)OC)c1O. The van der Waals surface area contributed by atoms with E-state index in [9.17, 15) is 10.2 Å². The maximum absolute atomic E-state index is 11.2. The van der Waals surface area contributed by atoms with Gasteiger partial charge in [0.25, 0.3) is 0 Å². The standard InChI is InChI=1S/C31H48O9/c1-10-37-28-14-27(13-25(30(28)33)19-40-22(4)36-9)31(5,6)26-11-23(17-38-20(2)15-34-7)29(32)24(12-26)18-39-21(3)16-35-8/h11-14,20-22,32-33H,10,15-19H2,1-9H3. The molecule has 0 aliphatic heterocycles. The molecule has 40 heavy (non-hydrogen) atoms. The minimum absolute atomic E-state index is 0.0397. The summed E-state index contributed by atoms with van der Waals surface area (Å²) in [5.41, 5.74) is 3.16. The molecule has 9 nitrogen and oxygen atoms in total. The van der Waals surface area contributed by atoms with Crippen molar-refractivity contribution in [3.8, 4) is 17.2 Å². The monoisotopic (exact) mass is 564 g/mol. The number of hydrogen-bond acceptors (Lipinski definition) is 9. The highest BCUT2D eigenvalue weighted by Gasteiger charge is 2.28. The van der Waals surface area contributed by atoms with Crippen LogP contribution in [0.2, 0.25) is 0 Å². The average Bonchev–Trinajstić information content (AvgIpc) is 2.92. The minimum atomic E-state index is -0.561. The molecule has 2 rings (SSSR count). The Kier molecular flexibility index (Phi) is 13.6. The summed E-state index contributed by atoms with van der Waals surface area (Å²) in [4.78, 5) is 0. The molecule has 0 saturated heterocycles. The zero-order valence-electron chi connectivity index (χ0n) is 25.5. The molecule has 0 spiro atoms. The molecule has 0 bridgehead atoms. The van der Waals surface area contributed by atoms with Crippen molar-refractivity contribution in [1.82, 2.24) is 0 Å². The number of benzene rings is 2. The van der Waals surface area contributed by atoms with E-state index in [-0.39, 0.29) is 43.5 Å². The Hall–Kier alpha value is -2.40. The summed E-state index contributed by atoms with van der Waals surface area (Å²) in [6, 6.07) is 7.67. The fourth-order valence-corrected chi connectivity index (χ4v) is 4.21. The first kappa shape index (κ1) is 33.8. The molecule has 2 N–H and O–H groups in total. The first-order valence-electron chi connectivity index (χ1n) is 13.7. The van der Waals surface area contributed by atoms with Crippen LogP contribution in [0.5, 0.6) is 17.2 Å². The highest BCUT2D eigenvalue weighted by molar-refractivity contribution is 5.54. The van der Waals surface area contributed by atoms with Crippen molar-refractivity contribution in [3.63, 3.8) is 0 Å². The quantitative estimate of drug-likeness (QED) is 0.229. The topological polar surface area (TPSA) is 105 Å². The number of hydrogen-bond donors (Lipinski definition) is 2. The second-order valence-electron chi connectivity index (χ2n) is 10.5. The maximum atomic E-state index is 11.2. The Morgan fingerprint density at radius 3 is 1.60 bits per heavy atom. The van der Waals surface area contributed by atoms with Crippen molar-refractivity contribution in [2.75, 3.05) is 41.2 Å². The number of methoxy groups -OCH3 is 3. The van der Waals surface area contributed by atoms with E-state index in [0.717, 1.165) is 11.1 Å². The fraction of sp³-hybridized carbons (Fsp3) is 0.613. The number of ether oxygens (including phenoxy) is 7. The van der Waals surface area contributed by atoms with Crippen LogP contribution in [0.15, 0.2) is 24.3 Å². The maximum Gasteiger partial charge on any atom is 0.163 e. The molecule has 0 heterocycles. The van der Waals surface area contributed by atoms with E-state index < -0.39 is 11.7 Å². The van der Waals surface area contributed by atoms with Crippen LogP contribution in [-0.2, 0) is 53.7 Å². The summed E-state index contributed by atoms with van der Waals surface area (Å²) in [5.74, 6) is 0.555. The lowest BCUT2D eigenvalue weighted by Crippen LogP contribution is -2.22. The van der Waals surface area contributed by atoms with Crippen molar-refractivity contribution in [2.45, 2.75) is 85.3 Å². The minimum Gasteiger partial charge on any atom is -0.507 e. The van der Waals surface area contributed by atoms with Crippen LogP contribution < -0.4 is 4.74 Å². The number of rotatable bonds is 18. The lowest BCUT2D eigenvalue weighted by Gasteiger charge is -2.30. The van der Waals surface area contributed by atoms with Crippen molar-refractivity contribution < 1.29 is 43.4 Å². The Morgan fingerprint density at radius 2 is 1.15 bits per heavy atom. The second-order valence-corrected chi connectivity index (χ2v) is 10.5.